The van der Waals surface area contributed by atoms with Crippen molar-refractivity contribution in [2.45, 2.75) is 18.6 Å². The Labute approximate surface area is 116 Å². The van der Waals surface area contributed by atoms with Gasteiger partial charge in [-0.1, -0.05) is 0 Å². The van der Waals surface area contributed by atoms with Crippen LogP contribution >= 0.6 is 0 Å². The third-order valence-corrected chi connectivity index (χ3v) is 3.26. The zero-order chi connectivity index (χ0) is 14.5. The Morgan fingerprint density at radius 3 is 2.95 bits per heavy atom. The van der Waals surface area contributed by atoms with Gasteiger partial charge in [-0.25, -0.2) is 0 Å². The second kappa shape index (κ2) is 6.53. The molecule has 1 aromatic rings. The van der Waals surface area contributed by atoms with Crippen molar-refractivity contribution >= 4 is 5.91 Å². The van der Waals surface area contributed by atoms with Crippen LogP contribution in [0.3, 0.4) is 0 Å². The predicted octanol–water partition coefficient (Wildman–Crippen LogP) is -0.0828. The Bertz CT molecular complexity index is 528. The Kier molecular flexibility index (Phi) is 4.75. The Balaban J connectivity index is 2.07. The lowest BCUT2D eigenvalue weighted by molar-refractivity contribution is -0.0479. The van der Waals surface area contributed by atoms with Crippen molar-refractivity contribution < 1.29 is 19.0 Å². The van der Waals surface area contributed by atoms with Crippen molar-refractivity contribution in [2.24, 2.45) is 0 Å². The second-order valence-corrected chi connectivity index (χ2v) is 4.50. The van der Waals surface area contributed by atoms with Gasteiger partial charge < -0.3 is 24.5 Å². The topological polar surface area (TPSA) is 89.7 Å². The summed E-state index contributed by atoms with van der Waals surface area (Å²) in [6.45, 7) is 1.02. The molecule has 0 aliphatic carbocycles. The summed E-state index contributed by atoms with van der Waals surface area (Å²) in [5, 5.41) is 2.85. The van der Waals surface area contributed by atoms with E-state index >= 15 is 0 Å². The van der Waals surface area contributed by atoms with Gasteiger partial charge >= 0.3 is 0 Å². The van der Waals surface area contributed by atoms with Gasteiger partial charge in [-0.15, -0.1) is 0 Å². The highest BCUT2D eigenvalue weighted by atomic mass is 16.5. The fourth-order valence-electron chi connectivity index (χ4n) is 2.10. The number of hydrogen-bond donors (Lipinski definition) is 2. The van der Waals surface area contributed by atoms with Gasteiger partial charge in [-0.2, -0.15) is 0 Å². The van der Waals surface area contributed by atoms with Crippen LogP contribution in [0.4, 0.5) is 0 Å². The minimum absolute atomic E-state index is 0.133. The summed E-state index contributed by atoms with van der Waals surface area (Å²) in [7, 11) is 2.98. The van der Waals surface area contributed by atoms with Crippen LogP contribution in [0.2, 0.25) is 0 Å². The number of rotatable bonds is 4. The van der Waals surface area contributed by atoms with E-state index in [0.717, 1.165) is 0 Å². The molecule has 1 fully saturated rings. The van der Waals surface area contributed by atoms with E-state index in [1.54, 1.807) is 7.11 Å². The number of H-pyrrole nitrogens is 1. The predicted molar refractivity (Wildman–Crippen MR) is 71.1 cm³/mol. The summed E-state index contributed by atoms with van der Waals surface area (Å²) < 4.78 is 15.4. The molecule has 0 aromatic carbocycles. The minimum Gasteiger partial charge on any atom is -0.491 e. The van der Waals surface area contributed by atoms with Gasteiger partial charge in [-0.3, -0.25) is 9.59 Å². The van der Waals surface area contributed by atoms with Crippen LogP contribution in [0.1, 0.15) is 16.9 Å². The number of nitrogens with one attached hydrogen (secondary N) is 2. The number of pyridine rings is 1. The SMILES string of the molecule is COc1c[nH]c(C(=O)N[C@@H]2CCOC[C@H]2OC)cc1=O. The lowest BCUT2D eigenvalue weighted by Crippen LogP contribution is -2.49. The average molecular weight is 282 g/mol. The van der Waals surface area contributed by atoms with Crippen molar-refractivity contribution in [3.63, 3.8) is 0 Å². The molecular weight excluding hydrogens is 264 g/mol. The molecule has 2 heterocycles. The Morgan fingerprint density at radius 2 is 2.30 bits per heavy atom. The van der Waals surface area contributed by atoms with E-state index in [2.05, 4.69) is 10.3 Å². The van der Waals surface area contributed by atoms with Crippen LogP contribution in [-0.2, 0) is 9.47 Å². The molecule has 7 heteroatoms. The maximum Gasteiger partial charge on any atom is 0.268 e. The molecular formula is C13H18N2O5. The zero-order valence-electron chi connectivity index (χ0n) is 11.5. The van der Waals surface area contributed by atoms with Crippen molar-refractivity contribution in [3.8, 4) is 5.75 Å². The van der Waals surface area contributed by atoms with Crippen LogP contribution in [0.5, 0.6) is 5.75 Å². The molecule has 0 radical (unpaired) electrons. The summed E-state index contributed by atoms with van der Waals surface area (Å²) in [4.78, 5) is 26.5. The molecule has 110 valence electrons. The first-order chi connectivity index (χ1) is 9.65. The van der Waals surface area contributed by atoms with E-state index in [9.17, 15) is 9.59 Å². The molecule has 20 heavy (non-hydrogen) atoms. The lowest BCUT2D eigenvalue weighted by Gasteiger charge is -2.30. The van der Waals surface area contributed by atoms with E-state index in [-0.39, 0.29) is 34.9 Å². The molecule has 0 unspecified atom stereocenters. The molecule has 2 rings (SSSR count). The molecule has 2 N–H and O–H groups in total. The minimum atomic E-state index is -0.348. The zero-order valence-corrected chi connectivity index (χ0v) is 11.5. The van der Waals surface area contributed by atoms with Gasteiger partial charge in [0.2, 0.25) is 5.43 Å². The van der Waals surface area contributed by atoms with Crippen molar-refractivity contribution in [2.75, 3.05) is 27.4 Å². The monoisotopic (exact) mass is 282 g/mol. The molecule has 0 saturated carbocycles. The number of aromatic nitrogens is 1. The van der Waals surface area contributed by atoms with Crippen LogP contribution in [-0.4, -0.2) is 50.5 Å². The largest absolute Gasteiger partial charge is 0.491 e. The molecule has 0 bridgehead atoms. The quantitative estimate of drug-likeness (QED) is 0.806. The maximum absolute atomic E-state index is 12.1. The van der Waals surface area contributed by atoms with Crippen LogP contribution in [0.25, 0.3) is 0 Å². The Hall–Kier alpha value is -1.86. The van der Waals surface area contributed by atoms with Gasteiger partial charge in [0.05, 0.1) is 19.8 Å². The number of ether oxygens (including phenoxy) is 3. The molecule has 2 atom stereocenters. The normalized spacial score (nSPS) is 22.3. The fraction of sp³-hybridized carbons (Fsp3) is 0.538. The number of hydrogen-bond acceptors (Lipinski definition) is 5. The van der Waals surface area contributed by atoms with E-state index in [1.807, 2.05) is 0 Å². The lowest BCUT2D eigenvalue weighted by atomic mass is 10.1. The van der Waals surface area contributed by atoms with Gasteiger partial charge in [0.25, 0.3) is 5.91 Å². The highest BCUT2D eigenvalue weighted by Gasteiger charge is 2.27. The summed E-state index contributed by atoms with van der Waals surface area (Å²) in [5.74, 6) is -0.180. The van der Waals surface area contributed by atoms with Gasteiger partial charge in [-0.05, 0) is 6.42 Å². The van der Waals surface area contributed by atoms with E-state index < -0.39 is 0 Å². The summed E-state index contributed by atoms with van der Waals surface area (Å²) in [6, 6.07) is 1.09. The highest BCUT2D eigenvalue weighted by molar-refractivity contribution is 5.92. The van der Waals surface area contributed by atoms with Gasteiger partial charge in [0.1, 0.15) is 11.8 Å². The fourth-order valence-corrected chi connectivity index (χ4v) is 2.10. The van der Waals surface area contributed by atoms with Gasteiger partial charge in [0, 0.05) is 26.0 Å². The van der Waals surface area contributed by atoms with Gasteiger partial charge in [0.15, 0.2) is 5.75 Å². The second-order valence-electron chi connectivity index (χ2n) is 4.50. The summed E-state index contributed by atoms with van der Waals surface area (Å²) in [6.07, 6.45) is 1.86. The molecule has 1 aliphatic rings. The number of carbonyl (C=O) groups is 1. The first-order valence-electron chi connectivity index (χ1n) is 6.34. The number of methoxy groups -OCH3 is 2. The third-order valence-electron chi connectivity index (χ3n) is 3.26. The molecule has 1 amide bonds. The van der Waals surface area contributed by atoms with E-state index in [4.69, 9.17) is 14.2 Å². The number of amides is 1. The molecule has 1 aromatic heterocycles. The summed E-state index contributed by atoms with van der Waals surface area (Å²) in [5.41, 5.74) is -0.149. The number of carbonyl (C=O) groups excluding carboxylic acids is 1. The Morgan fingerprint density at radius 1 is 1.50 bits per heavy atom. The molecule has 1 aliphatic heterocycles. The molecule has 1 saturated heterocycles. The smallest absolute Gasteiger partial charge is 0.268 e. The first-order valence-corrected chi connectivity index (χ1v) is 6.34. The van der Waals surface area contributed by atoms with Crippen molar-refractivity contribution in [1.82, 2.24) is 10.3 Å². The maximum atomic E-state index is 12.1. The third kappa shape index (κ3) is 3.17. The van der Waals surface area contributed by atoms with Crippen LogP contribution in [0.15, 0.2) is 17.1 Å². The van der Waals surface area contributed by atoms with Crippen LogP contribution < -0.4 is 15.5 Å². The van der Waals surface area contributed by atoms with Crippen molar-refractivity contribution in [3.05, 3.63) is 28.2 Å². The number of aromatic amines is 1. The highest BCUT2D eigenvalue weighted by Crippen LogP contribution is 2.11. The first kappa shape index (κ1) is 14.5. The van der Waals surface area contributed by atoms with E-state index in [0.29, 0.717) is 19.6 Å². The summed E-state index contributed by atoms with van der Waals surface area (Å²) >= 11 is 0. The molecule has 0 spiro atoms. The van der Waals surface area contributed by atoms with E-state index in [1.165, 1.54) is 19.4 Å². The standard InChI is InChI=1S/C13H18N2O5/c1-18-11-6-14-9(5-10(11)16)13(17)15-8-3-4-20-7-12(8)19-2/h5-6,8,12H,3-4,7H2,1-2H3,(H,14,16)(H,15,17)/t8-,12-/m1/s1. The molecule has 7 nitrogen and oxygen atoms in total. The van der Waals surface area contributed by atoms with Crippen molar-refractivity contribution in [1.29, 1.82) is 0 Å². The average Bonchev–Trinajstić information content (AvgIpc) is 2.47. The van der Waals surface area contributed by atoms with Crippen LogP contribution in [0, 0.1) is 0 Å².